The normalized spacial score (nSPS) is 21.2. The lowest BCUT2D eigenvalue weighted by molar-refractivity contribution is 0.102. The summed E-state index contributed by atoms with van der Waals surface area (Å²) in [7, 11) is 0. The van der Waals surface area contributed by atoms with Crippen molar-refractivity contribution in [2.45, 2.75) is 25.3 Å². The summed E-state index contributed by atoms with van der Waals surface area (Å²) in [4.78, 5) is 12.1. The van der Waals surface area contributed by atoms with Crippen LogP contribution in [0, 0.1) is 6.92 Å². The highest BCUT2D eigenvalue weighted by molar-refractivity contribution is 6.03. The van der Waals surface area contributed by atoms with Crippen LogP contribution in [0.4, 0.5) is 5.88 Å². The monoisotopic (exact) mass is 257 g/mol. The number of aromatic nitrogens is 1. The molecule has 1 heterocycles. The van der Waals surface area contributed by atoms with Gasteiger partial charge >= 0.3 is 0 Å². The van der Waals surface area contributed by atoms with Crippen LogP contribution in [-0.4, -0.2) is 17.1 Å². The van der Waals surface area contributed by atoms with Gasteiger partial charge in [-0.2, -0.15) is 0 Å². The fourth-order valence-corrected chi connectivity index (χ4v) is 2.12. The summed E-state index contributed by atoms with van der Waals surface area (Å²) < 4.78 is 4.96. The van der Waals surface area contributed by atoms with Crippen LogP contribution in [0.2, 0.25) is 0 Å². The van der Waals surface area contributed by atoms with Crippen LogP contribution in [0.15, 0.2) is 34.9 Å². The molecule has 1 aliphatic carbocycles. The molecule has 0 aliphatic heterocycles. The Morgan fingerprint density at radius 1 is 1.47 bits per heavy atom. The second-order valence-electron chi connectivity index (χ2n) is 4.92. The minimum atomic E-state index is -0.202. The number of amides is 1. The standard InChI is InChI=1S/C14H15N3O2/c1-8-5-13(19-17-8)16-14(18)10-4-2-3-9(6-10)11-7-12(11)15/h2-6,11-12H,7,15H2,1H3,(H,16,18)/t11-,12+/m0/s1. The molecule has 1 aromatic heterocycles. The number of carbonyl (C=O) groups excluding carboxylic acids is 1. The summed E-state index contributed by atoms with van der Waals surface area (Å²) in [6.07, 6.45) is 0.992. The predicted molar refractivity (Wildman–Crippen MR) is 71.0 cm³/mol. The van der Waals surface area contributed by atoms with E-state index < -0.39 is 0 Å². The predicted octanol–water partition coefficient (Wildman–Crippen LogP) is 2.05. The van der Waals surface area contributed by atoms with Crippen LogP contribution >= 0.6 is 0 Å². The Kier molecular flexibility index (Phi) is 2.83. The van der Waals surface area contributed by atoms with E-state index >= 15 is 0 Å². The van der Waals surface area contributed by atoms with Crippen molar-refractivity contribution < 1.29 is 9.32 Å². The molecule has 0 bridgehead atoms. The molecule has 0 unspecified atom stereocenters. The topological polar surface area (TPSA) is 81.2 Å². The van der Waals surface area contributed by atoms with Crippen molar-refractivity contribution in [2.24, 2.45) is 5.73 Å². The average molecular weight is 257 g/mol. The first-order valence-electron chi connectivity index (χ1n) is 6.23. The van der Waals surface area contributed by atoms with Crippen LogP contribution in [0.3, 0.4) is 0 Å². The van der Waals surface area contributed by atoms with Gasteiger partial charge in [-0.1, -0.05) is 17.3 Å². The molecular weight excluding hydrogens is 242 g/mol. The van der Waals surface area contributed by atoms with Crippen molar-refractivity contribution in [3.63, 3.8) is 0 Å². The lowest BCUT2D eigenvalue weighted by Crippen LogP contribution is -2.11. The fourth-order valence-electron chi connectivity index (χ4n) is 2.12. The van der Waals surface area contributed by atoms with Crippen LogP contribution in [0.5, 0.6) is 0 Å². The summed E-state index contributed by atoms with van der Waals surface area (Å²) in [5.41, 5.74) is 8.28. The Labute approximate surface area is 110 Å². The molecule has 3 N–H and O–H groups in total. The Morgan fingerprint density at radius 3 is 2.89 bits per heavy atom. The lowest BCUT2D eigenvalue weighted by Gasteiger charge is -2.04. The smallest absolute Gasteiger partial charge is 0.258 e. The molecule has 0 radical (unpaired) electrons. The number of rotatable bonds is 3. The maximum atomic E-state index is 12.1. The second-order valence-corrected chi connectivity index (χ2v) is 4.92. The molecule has 98 valence electrons. The Balaban J connectivity index is 1.76. The van der Waals surface area contributed by atoms with Gasteiger partial charge in [0.15, 0.2) is 0 Å². The van der Waals surface area contributed by atoms with Gasteiger partial charge in [0.25, 0.3) is 5.91 Å². The number of carbonyl (C=O) groups is 1. The van der Waals surface area contributed by atoms with Crippen LogP contribution in [0.1, 0.15) is 34.0 Å². The van der Waals surface area contributed by atoms with Gasteiger partial charge in [-0.3, -0.25) is 10.1 Å². The SMILES string of the molecule is Cc1cc(NC(=O)c2cccc([C@@H]3C[C@H]3N)c2)on1. The third kappa shape index (κ3) is 2.51. The first kappa shape index (κ1) is 11.9. The Hall–Kier alpha value is -2.14. The molecule has 2 atom stereocenters. The van der Waals surface area contributed by atoms with E-state index in [1.807, 2.05) is 18.2 Å². The molecule has 19 heavy (non-hydrogen) atoms. The van der Waals surface area contributed by atoms with Crippen LogP contribution in [0.25, 0.3) is 0 Å². The van der Waals surface area contributed by atoms with Crippen molar-refractivity contribution in [1.82, 2.24) is 5.16 Å². The number of aryl methyl sites for hydroxylation is 1. The van der Waals surface area contributed by atoms with E-state index in [0.717, 1.165) is 17.7 Å². The van der Waals surface area contributed by atoms with E-state index in [-0.39, 0.29) is 11.9 Å². The quantitative estimate of drug-likeness (QED) is 0.881. The van der Waals surface area contributed by atoms with E-state index in [0.29, 0.717) is 17.4 Å². The largest absolute Gasteiger partial charge is 0.338 e. The number of nitrogens with two attached hydrogens (primary N) is 1. The highest BCUT2D eigenvalue weighted by Crippen LogP contribution is 2.39. The van der Waals surface area contributed by atoms with Crippen molar-refractivity contribution in [3.05, 3.63) is 47.2 Å². The first-order valence-corrected chi connectivity index (χ1v) is 6.23. The van der Waals surface area contributed by atoms with Gasteiger partial charge in [0, 0.05) is 23.6 Å². The van der Waals surface area contributed by atoms with E-state index in [1.54, 1.807) is 19.1 Å². The number of benzene rings is 1. The third-order valence-electron chi connectivity index (χ3n) is 3.28. The van der Waals surface area contributed by atoms with Gasteiger partial charge < -0.3 is 10.3 Å². The molecule has 5 nitrogen and oxygen atoms in total. The van der Waals surface area contributed by atoms with Gasteiger partial charge in [0.05, 0.1) is 5.69 Å². The number of nitrogens with zero attached hydrogens (tertiary/aromatic N) is 1. The Bertz CT molecular complexity index is 621. The summed E-state index contributed by atoms with van der Waals surface area (Å²) in [5, 5.41) is 6.40. The highest BCUT2D eigenvalue weighted by Gasteiger charge is 2.34. The van der Waals surface area contributed by atoms with E-state index in [9.17, 15) is 4.79 Å². The highest BCUT2D eigenvalue weighted by atomic mass is 16.5. The zero-order valence-electron chi connectivity index (χ0n) is 10.6. The van der Waals surface area contributed by atoms with Crippen molar-refractivity contribution >= 4 is 11.8 Å². The minimum Gasteiger partial charge on any atom is -0.338 e. The number of hydrogen-bond donors (Lipinski definition) is 2. The van der Waals surface area contributed by atoms with Crippen LogP contribution < -0.4 is 11.1 Å². The third-order valence-corrected chi connectivity index (χ3v) is 3.28. The summed E-state index contributed by atoms with van der Waals surface area (Å²) in [6.45, 7) is 1.80. The van der Waals surface area contributed by atoms with E-state index in [4.69, 9.17) is 10.3 Å². The van der Waals surface area contributed by atoms with Crippen molar-refractivity contribution in [2.75, 3.05) is 5.32 Å². The second kappa shape index (κ2) is 4.51. The molecule has 1 saturated carbocycles. The summed E-state index contributed by atoms with van der Waals surface area (Å²) >= 11 is 0. The fraction of sp³-hybridized carbons (Fsp3) is 0.286. The molecule has 1 aromatic carbocycles. The van der Waals surface area contributed by atoms with Gasteiger partial charge in [-0.05, 0) is 31.0 Å². The number of hydrogen-bond acceptors (Lipinski definition) is 4. The maximum Gasteiger partial charge on any atom is 0.258 e. The molecule has 0 spiro atoms. The molecule has 1 aliphatic rings. The van der Waals surface area contributed by atoms with Gasteiger partial charge in [-0.15, -0.1) is 0 Å². The number of anilines is 1. The molecule has 1 amide bonds. The van der Waals surface area contributed by atoms with Crippen molar-refractivity contribution in [1.29, 1.82) is 0 Å². The lowest BCUT2D eigenvalue weighted by atomic mass is 10.1. The van der Waals surface area contributed by atoms with Gasteiger partial charge in [0.2, 0.25) is 5.88 Å². The Morgan fingerprint density at radius 2 is 2.26 bits per heavy atom. The zero-order valence-corrected chi connectivity index (χ0v) is 10.6. The van der Waals surface area contributed by atoms with Gasteiger partial charge in [0.1, 0.15) is 0 Å². The van der Waals surface area contributed by atoms with E-state index in [2.05, 4.69) is 10.5 Å². The molecular formula is C14H15N3O2. The molecule has 5 heteroatoms. The zero-order chi connectivity index (χ0) is 13.4. The first-order chi connectivity index (χ1) is 9.13. The maximum absolute atomic E-state index is 12.1. The summed E-state index contributed by atoms with van der Waals surface area (Å²) in [5.74, 6) is 0.545. The molecule has 1 fully saturated rings. The minimum absolute atomic E-state index is 0.202. The molecule has 0 saturated heterocycles. The van der Waals surface area contributed by atoms with Crippen molar-refractivity contribution in [3.8, 4) is 0 Å². The molecule has 3 rings (SSSR count). The number of nitrogens with one attached hydrogen (secondary N) is 1. The van der Waals surface area contributed by atoms with Crippen LogP contribution in [-0.2, 0) is 0 Å². The molecule has 2 aromatic rings. The average Bonchev–Trinajstić information content (AvgIpc) is 3.00. The van der Waals surface area contributed by atoms with E-state index in [1.165, 1.54) is 0 Å². The van der Waals surface area contributed by atoms with Gasteiger partial charge in [-0.25, -0.2) is 0 Å². The summed E-state index contributed by atoms with van der Waals surface area (Å²) in [6, 6.07) is 9.45.